The van der Waals surface area contributed by atoms with E-state index in [-0.39, 0.29) is 6.04 Å². The molecule has 0 fully saturated rings. The summed E-state index contributed by atoms with van der Waals surface area (Å²) < 4.78 is 0. The van der Waals surface area contributed by atoms with Crippen LogP contribution in [0.5, 0.6) is 0 Å². The lowest BCUT2D eigenvalue weighted by Gasteiger charge is -2.18. The molecule has 1 N–H and O–H groups in total. The predicted molar refractivity (Wildman–Crippen MR) is 78.3 cm³/mol. The van der Waals surface area contributed by atoms with Crippen LogP contribution in [0.25, 0.3) is 0 Å². The van der Waals surface area contributed by atoms with Crippen LogP contribution in [0.2, 0.25) is 0 Å². The molecule has 0 radical (unpaired) electrons. The molecule has 18 heavy (non-hydrogen) atoms. The number of rotatable bonds is 4. The fourth-order valence-electron chi connectivity index (χ4n) is 2.23. The third kappa shape index (κ3) is 2.98. The third-order valence-corrected chi connectivity index (χ3v) is 3.96. The Morgan fingerprint density at radius 2 is 1.83 bits per heavy atom. The van der Waals surface area contributed by atoms with Gasteiger partial charge in [-0.1, -0.05) is 6.92 Å². The van der Waals surface area contributed by atoms with Crippen LogP contribution >= 0.6 is 11.3 Å². The molecule has 2 nitrogen and oxygen atoms in total. The van der Waals surface area contributed by atoms with E-state index in [1.54, 1.807) is 0 Å². The third-order valence-electron chi connectivity index (χ3n) is 2.89. The molecule has 1 unspecified atom stereocenters. The van der Waals surface area contributed by atoms with E-state index in [2.05, 4.69) is 62.3 Å². The maximum Gasteiger partial charge on any atom is 0.0672 e. The van der Waals surface area contributed by atoms with Gasteiger partial charge in [0.1, 0.15) is 0 Å². The van der Waals surface area contributed by atoms with Gasteiger partial charge >= 0.3 is 0 Å². The smallest absolute Gasteiger partial charge is 0.0672 e. The molecule has 0 saturated heterocycles. The van der Waals surface area contributed by atoms with Gasteiger partial charge in [-0.2, -0.15) is 0 Å². The molecule has 2 heterocycles. The molecule has 3 heteroatoms. The summed E-state index contributed by atoms with van der Waals surface area (Å²) in [6.07, 6.45) is 0. The van der Waals surface area contributed by atoms with E-state index in [0.29, 0.717) is 0 Å². The Hall–Kier alpha value is -1.19. The highest BCUT2D eigenvalue weighted by Crippen LogP contribution is 2.28. The van der Waals surface area contributed by atoms with E-state index >= 15 is 0 Å². The van der Waals surface area contributed by atoms with Crippen LogP contribution in [0.4, 0.5) is 0 Å². The van der Waals surface area contributed by atoms with Gasteiger partial charge in [0, 0.05) is 21.1 Å². The standard InChI is InChI=1S/C15H20N2S/c1-5-16-15(14-7-6-12(4)18-14)13-8-10(2)17-11(3)9-13/h6-9,15-16H,5H2,1-4H3. The summed E-state index contributed by atoms with van der Waals surface area (Å²) in [5, 5.41) is 3.57. The number of pyridine rings is 1. The quantitative estimate of drug-likeness (QED) is 0.905. The van der Waals surface area contributed by atoms with Gasteiger partial charge in [0.05, 0.1) is 6.04 Å². The van der Waals surface area contributed by atoms with Gasteiger partial charge in [0.15, 0.2) is 0 Å². The molecule has 2 aromatic heterocycles. The van der Waals surface area contributed by atoms with Crippen LogP contribution in [0.3, 0.4) is 0 Å². The summed E-state index contributed by atoms with van der Waals surface area (Å²) in [6, 6.07) is 9.04. The molecule has 0 aliphatic heterocycles. The number of nitrogens with zero attached hydrogens (tertiary/aromatic N) is 1. The molecule has 0 spiro atoms. The van der Waals surface area contributed by atoms with E-state index < -0.39 is 0 Å². The molecule has 1 atom stereocenters. The molecule has 2 rings (SSSR count). The minimum absolute atomic E-state index is 0.286. The first kappa shape index (κ1) is 13.2. The lowest BCUT2D eigenvalue weighted by molar-refractivity contribution is 0.637. The molecule has 0 aromatic carbocycles. The van der Waals surface area contributed by atoms with Crippen molar-refractivity contribution in [3.05, 3.63) is 51.0 Å². The minimum Gasteiger partial charge on any atom is -0.306 e. The number of nitrogens with one attached hydrogen (secondary N) is 1. The van der Waals surface area contributed by atoms with Gasteiger partial charge < -0.3 is 5.32 Å². The summed E-state index contributed by atoms with van der Waals surface area (Å²) in [7, 11) is 0. The largest absolute Gasteiger partial charge is 0.306 e. The van der Waals surface area contributed by atoms with Crippen molar-refractivity contribution < 1.29 is 0 Å². The molecule has 0 saturated carbocycles. The summed E-state index contributed by atoms with van der Waals surface area (Å²) in [6.45, 7) is 9.37. The summed E-state index contributed by atoms with van der Waals surface area (Å²) >= 11 is 1.86. The van der Waals surface area contributed by atoms with Crippen LogP contribution in [-0.2, 0) is 0 Å². The van der Waals surface area contributed by atoms with E-state index in [1.807, 2.05) is 11.3 Å². The first-order valence-corrected chi connectivity index (χ1v) is 7.16. The first-order valence-electron chi connectivity index (χ1n) is 6.35. The molecule has 96 valence electrons. The van der Waals surface area contributed by atoms with Crippen molar-refractivity contribution in [1.82, 2.24) is 10.3 Å². The van der Waals surface area contributed by atoms with Crippen LogP contribution in [0.15, 0.2) is 24.3 Å². The van der Waals surface area contributed by atoms with Crippen molar-refractivity contribution in [3.8, 4) is 0 Å². The molecular weight excluding hydrogens is 240 g/mol. The number of aromatic nitrogens is 1. The van der Waals surface area contributed by atoms with Crippen molar-refractivity contribution in [1.29, 1.82) is 0 Å². The second-order valence-electron chi connectivity index (χ2n) is 4.62. The minimum atomic E-state index is 0.286. The molecule has 0 aliphatic carbocycles. The number of thiophene rings is 1. The fraction of sp³-hybridized carbons (Fsp3) is 0.400. The van der Waals surface area contributed by atoms with Crippen molar-refractivity contribution in [3.63, 3.8) is 0 Å². The summed E-state index contributed by atoms with van der Waals surface area (Å²) in [5.74, 6) is 0. The molecule has 2 aromatic rings. The second-order valence-corrected chi connectivity index (χ2v) is 5.94. The van der Waals surface area contributed by atoms with Gasteiger partial charge in [-0.05, 0) is 57.1 Å². The van der Waals surface area contributed by atoms with Gasteiger partial charge in [-0.3, -0.25) is 4.98 Å². The normalized spacial score (nSPS) is 12.7. The predicted octanol–water partition coefficient (Wildman–Crippen LogP) is 3.77. The SMILES string of the molecule is CCNC(c1cc(C)nc(C)c1)c1ccc(C)s1. The molecular formula is C15H20N2S. The Kier molecular flexibility index (Phi) is 4.15. The highest BCUT2D eigenvalue weighted by atomic mass is 32.1. The Bertz CT molecular complexity index is 511. The molecule has 0 aliphatic rings. The van der Waals surface area contributed by atoms with Crippen LogP contribution in [0, 0.1) is 20.8 Å². The maximum absolute atomic E-state index is 4.45. The van der Waals surface area contributed by atoms with Gasteiger partial charge in [0.2, 0.25) is 0 Å². The highest BCUT2D eigenvalue weighted by molar-refractivity contribution is 7.12. The fourth-order valence-corrected chi connectivity index (χ4v) is 3.21. The Balaban J connectivity index is 2.40. The van der Waals surface area contributed by atoms with Gasteiger partial charge in [-0.15, -0.1) is 11.3 Å². The number of hydrogen-bond donors (Lipinski definition) is 1. The summed E-state index contributed by atoms with van der Waals surface area (Å²) in [4.78, 5) is 7.18. The van der Waals surface area contributed by atoms with Gasteiger partial charge in [-0.25, -0.2) is 0 Å². The number of hydrogen-bond acceptors (Lipinski definition) is 3. The van der Waals surface area contributed by atoms with Gasteiger partial charge in [0.25, 0.3) is 0 Å². The van der Waals surface area contributed by atoms with Crippen LogP contribution in [-0.4, -0.2) is 11.5 Å². The Morgan fingerprint density at radius 1 is 1.17 bits per heavy atom. The molecule has 0 amide bonds. The average molecular weight is 260 g/mol. The Morgan fingerprint density at radius 3 is 2.33 bits per heavy atom. The summed E-state index contributed by atoms with van der Waals surface area (Å²) in [5.41, 5.74) is 3.48. The van der Waals surface area contributed by atoms with Crippen molar-refractivity contribution in [2.45, 2.75) is 33.7 Å². The zero-order valence-corrected chi connectivity index (χ0v) is 12.3. The number of aryl methyl sites for hydroxylation is 3. The lowest BCUT2D eigenvalue weighted by Crippen LogP contribution is -2.21. The second kappa shape index (κ2) is 5.63. The maximum atomic E-state index is 4.45. The lowest BCUT2D eigenvalue weighted by atomic mass is 10.0. The monoisotopic (exact) mass is 260 g/mol. The van der Waals surface area contributed by atoms with Crippen molar-refractivity contribution in [2.75, 3.05) is 6.54 Å². The van der Waals surface area contributed by atoms with Crippen molar-refractivity contribution >= 4 is 11.3 Å². The Labute approximate surface area is 113 Å². The molecule has 0 bridgehead atoms. The zero-order valence-electron chi connectivity index (χ0n) is 11.4. The van der Waals surface area contributed by atoms with E-state index in [0.717, 1.165) is 17.9 Å². The van der Waals surface area contributed by atoms with E-state index in [9.17, 15) is 0 Å². The van der Waals surface area contributed by atoms with E-state index in [1.165, 1.54) is 15.3 Å². The van der Waals surface area contributed by atoms with Crippen molar-refractivity contribution in [2.24, 2.45) is 0 Å². The van der Waals surface area contributed by atoms with E-state index in [4.69, 9.17) is 0 Å². The first-order chi connectivity index (χ1) is 8.60. The van der Waals surface area contributed by atoms with Crippen LogP contribution in [0.1, 0.15) is 39.7 Å². The highest BCUT2D eigenvalue weighted by Gasteiger charge is 2.15. The average Bonchev–Trinajstić information content (AvgIpc) is 2.71. The van der Waals surface area contributed by atoms with Crippen LogP contribution < -0.4 is 5.32 Å². The zero-order chi connectivity index (χ0) is 13.1. The topological polar surface area (TPSA) is 24.9 Å².